The standard InChI is InChI=1S/C23H48O9/c1-4-23(3)22-32-21-20-31-19-18-30-17-16-29-15-14-28-13-12-27-11-10-26-9-8-25-7-6-24-5-2/h23H,4-22H2,1-3H3. The molecule has 0 spiro atoms. The summed E-state index contributed by atoms with van der Waals surface area (Å²) in [5.74, 6) is 0.606. The maximum atomic E-state index is 5.52. The fourth-order valence-corrected chi connectivity index (χ4v) is 2.20. The fourth-order valence-electron chi connectivity index (χ4n) is 2.20. The molecule has 1 atom stereocenters. The summed E-state index contributed by atoms with van der Waals surface area (Å²) in [7, 11) is 0. The Labute approximate surface area is 195 Å². The van der Waals surface area contributed by atoms with Crippen molar-refractivity contribution in [2.24, 2.45) is 5.92 Å². The first-order valence-corrected chi connectivity index (χ1v) is 12.0. The van der Waals surface area contributed by atoms with Crippen LogP contribution in [0.25, 0.3) is 0 Å². The van der Waals surface area contributed by atoms with Gasteiger partial charge in [-0.3, -0.25) is 0 Å². The molecule has 32 heavy (non-hydrogen) atoms. The van der Waals surface area contributed by atoms with E-state index < -0.39 is 0 Å². The van der Waals surface area contributed by atoms with Crippen LogP contribution in [-0.2, 0) is 42.6 Å². The number of hydrogen-bond acceptors (Lipinski definition) is 9. The van der Waals surface area contributed by atoms with E-state index in [0.717, 1.165) is 19.6 Å². The predicted octanol–water partition coefficient (Wildman–Crippen LogP) is 2.20. The molecule has 0 aromatic rings. The second-order valence-electron chi connectivity index (χ2n) is 7.07. The summed E-state index contributed by atoms with van der Waals surface area (Å²) in [5.41, 5.74) is 0. The van der Waals surface area contributed by atoms with E-state index in [9.17, 15) is 0 Å². The minimum Gasteiger partial charge on any atom is -0.379 e. The quantitative estimate of drug-likeness (QED) is 0.160. The molecule has 0 N–H and O–H groups in total. The van der Waals surface area contributed by atoms with Gasteiger partial charge in [-0.1, -0.05) is 20.3 Å². The lowest BCUT2D eigenvalue weighted by Crippen LogP contribution is -2.15. The van der Waals surface area contributed by atoms with Gasteiger partial charge in [0.15, 0.2) is 0 Å². The zero-order chi connectivity index (χ0) is 23.4. The third kappa shape index (κ3) is 27.7. The molecule has 0 saturated carbocycles. The van der Waals surface area contributed by atoms with Crippen molar-refractivity contribution in [3.63, 3.8) is 0 Å². The lowest BCUT2D eigenvalue weighted by Gasteiger charge is -2.10. The van der Waals surface area contributed by atoms with Crippen molar-refractivity contribution in [2.45, 2.75) is 27.2 Å². The Balaban J connectivity index is 3.01. The van der Waals surface area contributed by atoms with Gasteiger partial charge in [0.2, 0.25) is 0 Å². The first-order chi connectivity index (χ1) is 15.8. The summed E-state index contributed by atoms with van der Waals surface area (Å²) < 4.78 is 48.7. The van der Waals surface area contributed by atoms with E-state index in [0.29, 0.717) is 112 Å². The normalized spacial score (nSPS) is 12.5. The maximum absolute atomic E-state index is 5.52. The summed E-state index contributed by atoms with van der Waals surface area (Å²) in [4.78, 5) is 0. The fraction of sp³-hybridized carbons (Fsp3) is 1.00. The monoisotopic (exact) mass is 468 g/mol. The van der Waals surface area contributed by atoms with Gasteiger partial charge in [-0.25, -0.2) is 0 Å². The first-order valence-electron chi connectivity index (χ1n) is 12.0. The van der Waals surface area contributed by atoms with Crippen LogP contribution in [0.3, 0.4) is 0 Å². The Kier molecular flexibility index (Phi) is 28.4. The van der Waals surface area contributed by atoms with Gasteiger partial charge in [-0.15, -0.1) is 0 Å². The average Bonchev–Trinajstić information content (AvgIpc) is 2.81. The highest BCUT2D eigenvalue weighted by molar-refractivity contribution is 4.46. The number of ether oxygens (including phenoxy) is 9. The van der Waals surface area contributed by atoms with Crippen LogP contribution in [0.5, 0.6) is 0 Å². The van der Waals surface area contributed by atoms with Crippen molar-refractivity contribution in [3.05, 3.63) is 0 Å². The SMILES string of the molecule is CCOCCOCCOCCOCCOCCOCCOCCOCCOCC(C)CC. The summed E-state index contributed by atoms with van der Waals surface area (Å²) in [6.45, 7) is 16.9. The Morgan fingerprint density at radius 1 is 0.375 bits per heavy atom. The Bertz CT molecular complexity index is 335. The number of rotatable bonds is 28. The molecule has 0 aliphatic carbocycles. The Morgan fingerprint density at radius 3 is 0.875 bits per heavy atom. The molecule has 0 aliphatic heterocycles. The van der Waals surface area contributed by atoms with Gasteiger partial charge in [0.1, 0.15) is 0 Å². The van der Waals surface area contributed by atoms with E-state index in [4.69, 9.17) is 42.6 Å². The van der Waals surface area contributed by atoms with Crippen LogP contribution < -0.4 is 0 Å². The molecule has 1 unspecified atom stereocenters. The van der Waals surface area contributed by atoms with Crippen molar-refractivity contribution in [1.29, 1.82) is 0 Å². The molecule has 0 radical (unpaired) electrons. The molecular formula is C23H48O9. The van der Waals surface area contributed by atoms with E-state index in [1.165, 1.54) is 0 Å². The third-order valence-electron chi connectivity index (χ3n) is 4.28. The van der Waals surface area contributed by atoms with Crippen molar-refractivity contribution < 1.29 is 42.6 Å². The van der Waals surface area contributed by atoms with Crippen LogP contribution >= 0.6 is 0 Å². The molecule has 0 rings (SSSR count). The molecule has 0 aromatic carbocycles. The van der Waals surface area contributed by atoms with E-state index >= 15 is 0 Å². The van der Waals surface area contributed by atoms with Crippen LogP contribution in [0, 0.1) is 5.92 Å². The maximum Gasteiger partial charge on any atom is 0.0701 e. The molecule has 0 saturated heterocycles. The van der Waals surface area contributed by atoms with E-state index in [1.54, 1.807) is 0 Å². The van der Waals surface area contributed by atoms with Crippen LogP contribution in [0.15, 0.2) is 0 Å². The summed E-state index contributed by atoms with van der Waals surface area (Å²) in [6, 6.07) is 0. The third-order valence-corrected chi connectivity index (χ3v) is 4.28. The van der Waals surface area contributed by atoms with Gasteiger partial charge in [0, 0.05) is 13.2 Å². The predicted molar refractivity (Wildman–Crippen MR) is 123 cm³/mol. The summed E-state index contributed by atoms with van der Waals surface area (Å²) >= 11 is 0. The van der Waals surface area contributed by atoms with Crippen molar-refractivity contribution in [2.75, 3.05) is 119 Å². The lowest BCUT2D eigenvalue weighted by atomic mass is 10.1. The smallest absolute Gasteiger partial charge is 0.0701 e. The van der Waals surface area contributed by atoms with Crippen molar-refractivity contribution >= 4 is 0 Å². The van der Waals surface area contributed by atoms with Gasteiger partial charge in [-0.2, -0.15) is 0 Å². The topological polar surface area (TPSA) is 83.1 Å². The van der Waals surface area contributed by atoms with Crippen molar-refractivity contribution in [1.82, 2.24) is 0 Å². The van der Waals surface area contributed by atoms with E-state index in [2.05, 4.69) is 13.8 Å². The molecule has 0 amide bonds. The molecular weight excluding hydrogens is 420 g/mol. The molecule has 0 aromatic heterocycles. The molecule has 9 heteroatoms. The van der Waals surface area contributed by atoms with E-state index in [-0.39, 0.29) is 0 Å². The highest BCUT2D eigenvalue weighted by atomic mass is 16.6. The molecule has 0 fully saturated rings. The second kappa shape index (κ2) is 28.7. The first kappa shape index (κ1) is 31.6. The molecule has 0 heterocycles. The highest BCUT2D eigenvalue weighted by Gasteiger charge is 1.98. The Morgan fingerprint density at radius 2 is 0.625 bits per heavy atom. The molecule has 9 nitrogen and oxygen atoms in total. The van der Waals surface area contributed by atoms with Crippen molar-refractivity contribution in [3.8, 4) is 0 Å². The van der Waals surface area contributed by atoms with E-state index in [1.807, 2.05) is 6.92 Å². The largest absolute Gasteiger partial charge is 0.379 e. The minimum atomic E-state index is 0.540. The highest BCUT2D eigenvalue weighted by Crippen LogP contribution is 1.99. The second-order valence-corrected chi connectivity index (χ2v) is 7.07. The van der Waals surface area contributed by atoms with Gasteiger partial charge >= 0.3 is 0 Å². The van der Waals surface area contributed by atoms with Crippen LogP contribution in [0.1, 0.15) is 27.2 Å². The van der Waals surface area contributed by atoms with Gasteiger partial charge < -0.3 is 42.6 Å². The lowest BCUT2D eigenvalue weighted by molar-refractivity contribution is -0.0253. The summed E-state index contributed by atoms with van der Waals surface area (Å²) in [5, 5.41) is 0. The van der Waals surface area contributed by atoms with Crippen LogP contribution in [-0.4, -0.2) is 119 Å². The number of hydrogen-bond donors (Lipinski definition) is 0. The summed E-state index contributed by atoms with van der Waals surface area (Å²) in [6.07, 6.45) is 1.14. The van der Waals surface area contributed by atoms with Crippen LogP contribution in [0.4, 0.5) is 0 Å². The zero-order valence-corrected chi connectivity index (χ0v) is 20.7. The molecule has 0 aliphatic rings. The van der Waals surface area contributed by atoms with Crippen LogP contribution in [0.2, 0.25) is 0 Å². The van der Waals surface area contributed by atoms with Gasteiger partial charge in [-0.05, 0) is 12.8 Å². The molecule has 194 valence electrons. The van der Waals surface area contributed by atoms with Gasteiger partial charge in [0.25, 0.3) is 0 Å². The minimum absolute atomic E-state index is 0.540. The average molecular weight is 469 g/mol. The zero-order valence-electron chi connectivity index (χ0n) is 20.7. The molecule has 0 bridgehead atoms. The Hall–Kier alpha value is -0.360. The van der Waals surface area contributed by atoms with Gasteiger partial charge in [0.05, 0.1) is 106 Å².